The molecule has 4 nitrogen and oxygen atoms in total. The van der Waals surface area contributed by atoms with Crippen LogP contribution in [0.1, 0.15) is 22.8 Å². The van der Waals surface area contributed by atoms with Crippen molar-refractivity contribution in [2.75, 3.05) is 6.61 Å². The fourth-order valence-electron chi connectivity index (χ4n) is 1.34. The number of carbonyl (C=O) groups is 1. The molecule has 18 heavy (non-hydrogen) atoms. The second kappa shape index (κ2) is 5.38. The Morgan fingerprint density at radius 2 is 1.94 bits per heavy atom. The minimum Gasteiger partial charge on any atom is -0.462 e. The quantitative estimate of drug-likeness (QED) is 0.679. The van der Waals surface area contributed by atoms with Gasteiger partial charge in [-0.05, 0) is 19.1 Å². The van der Waals surface area contributed by atoms with Crippen LogP contribution in [0.25, 0.3) is 0 Å². The van der Waals surface area contributed by atoms with Crippen LogP contribution >= 0.6 is 0 Å². The highest BCUT2D eigenvalue weighted by atomic mass is 32.2. The second-order valence-corrected chi connectivity index (χ2v) is 4.14. The van der Waals surface area contributed by atoms with Crippen LogP contribution in [0.4, 0.5) is 13.2 Å². The molecular formula is C10H9F3O4S. The lowest BCUT2D eigenvalue weighted by atomic mass is 10.1. The largest absolute Gasteiger partial charge is 0.462 e. The lowest BCUT2D eigenvalue weighted by Crippen LogP contribution is -2.14. The van der Waals surface area contributed by atoms with Gasteiger partial charge >= 0.3 is 12.1 Å². The summed E-state index contributed by atoms with van der Waals surface area (Å²) in [6, 6.07) is 2.54. The van der Waals surface area contributed by atoms with Gasteiger partial charge in [0.1, 0.15) is 0 Å². The van der Waals surface area contributed by atoms with Crippen molar-refractivity contribution in [2.24, 2.45) is 0 Å². The molecular weight excluding hydrogens is 273 g/mol. The van der Waals surface area contributed by atoms with Crippen LogP contribution in [0.15, 0.2) is 23.1 Å². The number of benzene rings is 1. The highest BCUT2D eigenvalue weighted by Crippen LogP contribution is 2.34. The molecule has 0 aromatic heterocycles. The maximum absolute atomic E-state index is 12.6. The zero-order valence-corrected chi connectivity index (χ0v) is 10.0. The Balaban J connectivity index is 3.50. The molecule has 1 aromatic rings. The Kier molecular flexibility index (Phi) is 4.33. The number of ether oxygens (including phenoxy) is 1. The molecule has 0 radical (unpaired) electrons. The molecule has 0 heterocycles. The number of thiol groups is 1. The van der Waals surface area contributed by atoms with E-state index < -0.39 is 38.9 Å². The molecule has 1 rings (SSSR count). The Bertz CT molecular complexity index is 526. The van der Waals surface area contributed by atoms with Crippen molar-refractivity contribution in [1.29, 1.82) is 0 Å². The Morgan fingerprint density at radius 1 is 1.33 bits per heavy atom. The van der Waals surface area contributed by atoms with E-state index in [-0.39, 0.29) is 6.61 Å². The fourth-order valence-corrected chi connectivity index (χ4v) is 2.10. The lowest BCUT2D eigenvalue weighted by molar-refractivity contribution is -0.139. The van der Waals surface area contributed by atoms with Crippen molar-refractivity contribution in [2.45, 2.75) is 18.0 Å². The number of halogens is 3. The van der Waals surface area contributed by atoms with Crippen LogP contribution in [-0.2, 0) is 21.6 Å². The van der Waals surface area contributed by atoms with E-state index in [1.54, 1.807) is 0 Å². The molecule has 0 aliphatic carbocycles. The summed E-state index contributed by atoms with van der Waals surface area (Å²) in [7, 11) is -3.57. The first-order valence-electron chi connectivity index (χ1n) is 4.80. The molecule has 0 bridgehead atoms. The molecule has 0 atom stereocenters. The zero-order valence-electron chi connectivity index (χ0n) is 9.15. The standard InChI is InChI=1S/C10H9F3O4S/c1-2-17-9(14)6-4-3-5-7(10(11,12)13)8(6)18(15)16/h3-5,18H,2H2,1H3. The third kappa shape index (κ3) is 3.00. The molecule has 0 saturated carbocycles. The smallest absolute Gasteiger partial charge is 0.417 e. The molecule has 0 saturated heterocycles. The first kappa shape index (κ1) is 14.5. The van der Waals surface area contributed by atoms with Gasteiger partial charge in [0.2, 0.25) is 0 Å². The molecule has 1 aromatic carbocycles. The lowest BCUT2D eigenvalue weighted by Gasteiger charge is -2.12. The summed E-state index contributed by atoms with van der Waals surface area (Å²) in [6.45, 7) is 1.40. The fraction of sp³-hybridized carbons (Fsp3) is 0.300. The molecule has 100 valence electrons. The molecule has 0 aliphatic heterocycles. The summed E-state index contributed by atoms with van der Waals surface area (Å²) in [6.07, 6.45) is -4.85. The van der Waals surface area contributed by atoms with Gasteiger partial charge in [-0.15, -0.1) is 0 Å². The van der Waals surface area contributed by atoms with Crippen LogP contribution in [-0.4, -0.2) is 21.0 Å². The molecule has 0 aliphatic rings. The number of hydrogen-bond donors (Lipinski definition) is 1. The Hall–Kier alpha value is -1.57. The number of hydrogen-bond acceptors (Lipinski definition) is 4. The van der Waals surface area contributed by atoms with Crippen LogP contribution in [0.2, 0.25) is 0 Å². The first-order valence-corrected chi connectivity index (χ1v) is 5.98. The molecule has 8 heteroatoms. The predicted octanol–water partition coefficient (Wildman–Crippen LogP) is 1.85. The van der Waals surface area contributed by atoms with Crippen molar-refractivity contribution in [3.8, 4) is 0 Å². The maximum atomic E-state index is 12.6. The van der Waals surface area contributed by atoms with Crippen LogP contribution in [0, 0.1) is 0 Å². The van der Waals surface area contributed by atoms with E-state index in [1.807, 2.05) is 0 Å². The van der Waals surface area contributed by atoms with Crippen molar-refractivity contribution >= 4 is 16.7 Å². The molecule has 0 amide bonds. The average molecular weight is 282 g/mol. The predicted molar refractivity (Wildman–Crippen MR) is 56.0 cm³/mol. The van der Waals surface area contributed by atoms with Gasteiger partial charge in [0.05, 0.1) is 22.6 Å². The van der Waals surface area contributed by atoms with Crippen LogP contribution in [0.3, 0.4) is 0 Å². The monoisotopic (exact) mass is 282 g/mol. The van der Waals surface area contributed by atoms with E-state index in [1.165, 1.54) is 6.92 Å². The highest BCUT2D eigenvalue weighted by molar-refractivity contribution is 7.72. The molecule has 0 fully saturated rings. The summed E-state index contributed by atoms with van der Waals surface area (Å²) in [5, 5.41) is 0. The topological polar surface area (TPSA) is 60.4 Å². The highest BCUT2D eigenvalue weighted by Gasteiger charge is 2.36. The van der Waals surface area contributed by atoms with Gasteiger partial charge in [0.25, 0.3) is 0 Å². The molecule has 0 spiro atoms. The van der Waals surface area contributed by atoms with Gasteiger partial charge in [0.15, 0.2) is 10.7 Å². The van der Waals surface area contributed by atoms with E-state index in [2.05, 4.69) is 4.74 Å². The SMILES string of the molecule is CCOC(=O)c1cccc(C(F)(F)F)c1[SH](=O)=O. The summed E-state index contributed by atoms with van der Waals surface area (Å²) in [5.41, 5.74) is -1.98. The first-order chi connectivity index (χ1) is 8.29. The number of esters is 1. The Morgan fingerprint density at radius 3 is 2.39 bits per heavy atom. The third-order valence-corrected chi connectivity index (χ3v) is 2.87. The van der Waals surface area contributed by atoms with Gasteiger partial charge in [-0.3, -0.25) is 0 Å². The average Bonchev–Trinajstić information content (AvgIpc) is 2.27. The molecule has 0 unspecified atom stereocenters. The minimum atomic E-state index is -4.85. The zero-order chi connectivity index (χ0) is 13.9. The van der Waals surface area contributed by atoms with Gasteiger partial charge in [-0.1, -0.05) is 6.07 Å². The number of rotatable bonds is 3. The van der Waals surface area contributed by atoms with Gasteiger partial charge in [-0.2, -0.15) is 13.2 Å². The van der Waals surface area contributed by atoms with E-state index in [0.717, 1.165) is 12.1 Å². The normalized spacial score (nSPS) is 11.6. The summed E-state index contributed by atoms with van der Waals surface area (Å²) in [4.78, 5) is 10.3. The van der Waals surface area contributed by atoms with Crippen molar-refractivity contribution in [3.63, 3.8) is 0 Å². The number of carbonyl (C=O) groups excluding carboxylic acids is 1. The van der Waals surface area contributed by atoms with Gasteiger partial charge in [0, 0.05) is 0 Å². The third-order valence-electron chi connectivity index (χ3n) is 2.02. The van der Waals surface area contributed by atoms with Gasteiger partial charge < -0.3 is 4.74 Å². The summed E-state index contributed by atoms with van der Waals surface area (Å²) >= 11 is 0. The summed E-state index contributed by atoms with van der Waals surface area (Å²) in [5.74, 6) is -1.10. The van der Waals surface area contributed by atoms with E-state index in [4.69, 9.17) is 0 Å². The minimum absolute atomic E-state index is 0.0653. The Labute approximate surface area is 102 Å². The van der Waals surface area contributed by atoms with Crippen molar-refractivity contribution < 1.29 is 31.1 Å². The van der Waals surface area contributed by atoms with Crippen LogP contribution in [0.5, 0.6) is 0 Å². The number of alkyl halides is 3. The van der Waals surface area contributed by atoms with Crippen molar-refractivity contribution in [1.82, 2.24) is 0 Å². The molecule has 0 N–H and O–H groups in total. The van der Waals surface area contributed by atoms with Crippen LogP contribution < -0.4 is 0 Å². The maximum Gasteiger partial charge on any atom is 0.417 e. The van der Waals surface area contributed by atoms with Gasteiger partial charge in [-0.25, -0.2) is 13.2 Å². The second-order valence-electron chi connectivity index (χ2n) is 3.18. The van der Waals surface area contributed by atoms with Crippen molar-refractivity contribution in [3.05, 3.63) is 29.3 Å². The van der Waals surface area contributed by atoms with E-state index in [0.29, 0.717) is 6.07 Å². The van der Waals surface area contributed by atoms with E-state index >= 15 is 0 Å². The summed E-state index contributed by atoms with van der Waals surface area (Å²) < 4.78 is 64.2. The van der Waals surface area contributed by atoms with E-state index in [9.17, 15) is 26.4 Å².